The van der Waals surface area contributed by atoms with Gasteiger partial charge >= 0.3 is 11.9 Å². The number of carbonyl (C=O) groups excluding carboxylic acids is 2. The van der Waals surface area contributed by atoms with E-state index in [-0.39, 0.29) is 19.4 Å². The standard InChI is InChI=1S/C48H82O12S/c1-3-5-7-9-11-13-15-17-19-21-23-25-27-29-31-33-35-37-44(50)59-41(39-58-48-47(53)46(52)45(51)42(60-48)40-61(54,55)56)38-57-43(49)36-34-32-30-28-26-24-22-20-18-16-14-12-10-8-6-4-2/h5,7,11,13,17,19-20,22-23,25,41-42,45-48,51-53H,3-4,6,8-10,12,14-16,18,21,24,26-40H2,1-2H3,(H,54,55,56)/b7-5-,13-11-,19-17-,22-20-,25-23-. The summed E-state index contributed by atoms with van der Waals surface area (Å²) in [5.74, 6) is -2.03. The van der Waals surface area contributed by atoms with Crippen LogP contribution < -0.4 is 0 Å². The number of aliphatic hydroxyl groups is 3. The Morgan fingerprint density at radius 3 is 1.56 bits per heavy atom. The number of ether oxygens (including phenoxy) is 4. The number of rotatable bonds is 38. The topological polar surface area (TPSA) is 186 Å². The molecule has 0 bridgehead atoms. The molecular weight excluding hydrogens is 801 g/mol. The average Bonchev–Trinajstić information content (AvgIpc) is 3.22. The van der Waals surface area contributed by atoms with E-state index in [1.165, 1.54) is 44.9 Å². The van der Waals surface area contributed by atoms with Gasteiger partial charge in [-0.2, -0.15) is 8.42 Å². The molecule has 0 amide bonds. The van der Waals surface area contributed by atoms with Gasteiger partial charge in [0.25, 0.3) is 10.1 Å². The lowest BCUT2D eigenvalue weighted by Gasteiger charge is -2.40. The number of esters is 2. The average molecular weight is 883 g/mol. The summed E-state index contributed by atoms with van der Waals surface area (Å²) in [5, 5.41) is 30.9. The summed E-state index contributed by atoms with van der Waals surface area (Å²) in [4.78, 5) is 25.4. The van der Waals surface area contributed by atoms with Crippen molar-refractivity contribution in [2.75, 3.05) is 19.0 Å². The van der Waals surface area contributed by atoms with Crippen molar-refractivity contribution in [3.63, 3.8) is 0 Å². The van der Waals surface area contributed by atoms with E-state index in [1.54, 1.807) is 0 Å². The van der Waals surface area contributed by atoms with Crippen molar-refractivity contribution in [2.24, 2.45) is 0 Å². The maximum atomic E-state index is 12.8. The molecular formula is C48H82O12S. The third-order valence-corrected chi connectivity index (χ3v) is 11.1. The highest BCUT2D eigenvalue weighted by molar-refractivity contribution is 7.85. The van der Waals surface area contributed by atoms with Crippen molar-refractivity contribution in [1.29, 1.82) is 0 Å². The predicted octanol–water partition coefficient (Wildman–Crippen LogP) is 9.73. The van der Waals surface area contributed by atoms with Crippen LogP contribution in [0.15, 0.2) is 60.8 Å². The van der Waals surface area contributed by atoms with E-state index >= 15 is 0 Å². The van der Waals surface area contributed by atoms with E-state index < -0.39 is 71.2 Å². The Morgan fingerprint density at radius 2 is 1.03 bits per heavy atom. The van der Waals surface area contributed by atoms with Gasteiger partial charge < -0.3 is 34.3 Å². The molecule has 0 aromatic rings. The Morgan fingerprint density at radius 1 is 0.574 bits per heavy atom. The van der Waals surface area contributed by atoms with Gasteiger partial charge in [-0.1, -0.05) is 145 Å². The second kappa shape index (κ2) is 37.9. The molecule has 0 saturated carbocycles. The van der Waals surface area contributed by atoms with Crippen LogP contribution in [0.3, 0.4) is 0 Å². The summed E-state index contributed by atoms with van der Waals surface area (Å²) in [6.07, 6.45) is 36.9. The van der Waals surface area contributed by atoms with Gasteiger partial charge in [-0.15, -0.1) is 0 Å². The maximum Gasteiger partial charge on any atom is 0.306 e. The Hall–Kier alpha value is -2.65. The van der Waals surface area contributed by atoms with Crippen LogP contribution in [0.1, 0.15) is 174 Å². The number of hydrogen-bond donors (Lipinski definition) is 4. The fraction of sp³-hybridized carbons (Fsp3) is 0.750. The Labute approximate surface area is 368 Å². The molecule has 1 fully saturated rings. The molecule has 1 saturated heterocycles. The van der Waals surface area contributed by atoms with Crippen LogP contribution in [0.5, 0.6) is 0 Å². The number of allylic oxidation sites excluding steroid dienone is 10. The summed E-state index contributed by atoms with van der Waals surface area (Å²) < 4.78 is 54.1. The monoisotopic (exact) mass is 883 g/mol. The van der Waals surface area contributed by atoms with Gasteiger partial charge in [0, 0.05) is 12.8 Å². The van der Waals surface area contributed by atoms with Gasteiger partial charge in [0.2, 0.25) is 0 Å². The molecule has 1 rings (SSSR count). The van der Waals surface area contributed by atoms with Crippen LogP contribution in [0.25, 0.3) is 0 Å². The molecule has 0 spiro atoms. The van der Waals surface area contributed by atoms with E-state index in [0.717, 1.165) is 89.9 Å². The van der Waals surface area contributed by atoms with Gasteiger partial charge in [0.15, 0.2) is 12.4 Å². The molecule has 1 aliphatic rings. The van der Waals surface area contributed by atoms with Crippen LogP contribution >= 0.6 is 0 Å². The normalized spacial score (nSPS) is 20.5. The SMILES string of the molecule is CC/C=C\C/C=C\C/C=C\C/C=C\CCCCCCC(=O)OC(COC(=O)CCCCCCC/C=C\CCCCCCCCC)COC1OC(CS(=O)(=O)O)C(O)C(O)C1O. The van der Waals surface area contributed by atoms with Crippen molar-refractivity contribution in [2.45, 2.75) is 211 Å². The molecule has 0 aromatic heterocycles. The van der Waals surface area contributed by atoms with E-state index in [9.17, 15) is 37.9 Å². The highest BCUT2D eigenvalue weighted by Gasteiger charge is 2.46. The highest BCUT2D eigenvalue weighted by Crippen LogP contribution is 2.24. The second-order valence-electron chi connectivity index (χ2n) is 16.0. The van der Waals surface area contributed by atoms with Crippen LogP contribution in [-0.2, 0) is 38.7 Å². The minimum atomic E-state index is -4.61. The molecule has 61 heavy (non-hydrogen) atoms. The van der Waals surface area contributed by atoms with Gasteiger partial charge in [0.1, 0.15) is 36.8 Å². The quantitative estimate of drug-likeness (QED) is 0.0199. The van der Waals surface area contributed by atoms with Crippen LogP contribution in [0.2, 0.25) is 0 Å². The van der Waals surface area contributed by atoms with Crippen molar-refractivity contribution in [1.82, 2.24) is 0 Å². The summed E-state index contributed by atoms with van der Waals surface area (Å²) >= 11 is 0. The fourth-order valence-corrected chi connectivity index (χ4v) is 7.41. The molecule has 6 unspecified atom stereocenters. The minimum absolute atomic E-state index is 0.132. The van der Waals surface area contributed by atoms with E-state index in [0.29, 0.717) is 12.8 Å². The first-order valence-corrected chi connectivity index (χ1v) is 25.0. The first-order chi connectivity index (χ1) is 29.5. The molecule has 13 heteroatoms. The fourth-order valence-electron chi connectivity index (χ4n) is 6.72. The van der Waals surface area contributed by atoms with Crippen molar-refractivity contribution in [3.05, 3.63) is 60.8 Å². The molecule has 0 aliphatic carbocycles. The summed E-state index contributed by atoms with van der Waals surface area (Å²) in [7, 11) is -4.61. The third-order valence-electron chi connectivity index (χ3n) is 10.3. The molecule has 0 radical (unpaired) electrons. The lowest BCUT2D eigenvalue weighted by atomic mass is 10.00. The number of hydrogen-bond acceptors (Lipinski definition) is 11. The third kappa shape index (κ3) is 32.7. The van der Waals surface area contributed by atoms with E-state index in [4.69, 9.17) is 18.9 Å². The van der Waals surface area contributed by atoms with Gasteiger partial charge in [0.05, 0.1) is 6.61 Å². The second-order valence-corrected chi connectivity index (χ2v) is 17.5. The lowest BCUT2D eigenvalue weighted by Crippen LogP contribution is -2.60. The van der Waals surface area contributed by atoms with Crippen molar-refractivity contribution >= 4 is 22.1 Å². The molecule has 4 N–H and O–H groups in total. The van der Waals surface area contributed by atoms with E-state index in [2.05, 4.69) is 74.6 Å². The van der Waals surface area contributed by atoms with Crippen LogP contribution in [0.4, 0.5) is 0 Å². The van der Waals surface area contributed by atoms with Gasteiger partial charge in [-0.05, 0) is 77.0 Å². The molecule has 6 atom stereocenters. The summed E-state index contributed by atoms with van der Waals surface area (Å²) in [5.41, 5.74) is 0. The summed E-state index contributed by atoms with van der Waals surface area (Å²) in [6, 6.07) is 0. The molecule has 1 heterocycles. The number of unbranched alkanes of at least 4 members (excludes halogenated alkanes) is 16. The Kier molecular flexibility index (Phi) is 35.0. The summed E-state index contributed by atoms with van der Waals surface area (Å²) in [6.45, 7) is 3.61. The highest BCUT2D eigenvalue weighted by atomic mass is 32.2. The predicted molar refractivity (Wildman–Crippen MR) is 242 cm³/mol. The molecule has 352 valence electrons. The first kappa shape index (κ1) is 56.4. The van der Waals surface area contributed by atoms with Gasteiger partial charge in [-0.25, -0.2) is 0 Å². The van der Waals surface area contributed by atoms with Crippen LogP contribution in [-0.4, -0.2) is 96.0 Å². The zero-order chi connectivity index (χ0) is 44.8. The largest absolute Gasteiger partial charge is 0.462 e. The molecule has 0 aromatic carbocycles. The Balaban J connectivity index is 2.46. The molecule has 1 aliphatic heterocycles. The first-order valence-electron chi connectivity index (χ1n) is 23.3. The molecule has 12 nitrogen and oxygen atoms in total. The zero-order valence-corrected chi connectivity index (χ0v) is 38.3. The Bertz CT molecular complexity index is 1360. The minimum Gasteiger partial charge on any atom is -0.462 e. The smallest absolute Gasteiger partial charge is 0.306 e. The van der Waals surface area contributed by atoms with Gasteiger partial charge in [-0.3, -0.25) is 14.1 Å². The lowest BCUT2D eigenvalue weighted by molar-refractivity contribution is -0.297. The number of aliphatic hydroxyl groups excluding tert-OH is 3. The van der Waals surface area contributed by atoms with Crippen LogP contribution in [0, 0.1) is 0 Å². The number of carbonyl (C=O) groups is 2. The van der Waals surface area contributed by atoms with E-state index in [1.807, 2.05) is 0 Å². The maximum absolute atomic E-state index is 12.8. The van der Waals surface area contributed by atoms with Crippen molar-refractivity contribution in [3.8, 4) is 0 Å². The van der Waals surface area contributed by atoms with Crippen molar-refractivity contribution < 1.29 is 56.8 Å². The zero-order valence-electron chi connectivity index (χ0n) is 37.5.